The van der Waals surface area contributed by atoms with Gasteiger partial charge in [-0.2, -0.15) is 15.3 Å². The van der Waals surface area contributed by atoms with Gasteiger partial charge in [0, 0.05) is 75.1 Å². The lowest BCUT2D eigenvalue weighted by Gasteiger charge is -2.37. The number of carbonyl (C=O) groups excluding carboxylic acids is 1. The van der Waals surface area contributed by atoms with Gasteiger partial charge in [-0.1, -0.05) is 35.5 Å². The topological polar surface area (TPSA) is 149 Å². The van der Waals surface area contributed by atoms with Gasteiger partial charge in [0.15, 0.2) is 5.82 Å². The molecule has 2 fully saturated rings. The summed E-state index contributed by atoms with van der Waals surface area (Å²) in [5.41, 5.74) is 4.03. The van der Waals surface area contributed by atoms with Crippen LogP contribution >= 0.6 is 0 Å². The smallest absolute Gasteiger partial charge is 0.323 e. The molecule has 1 saturated heterocycles. The Labute approximate surface area is 292 Å². The maximum absolute atomic E-state index is 14.0. The predicted molar refractivity (Wildman–Crippen MR) is 192 cm³/mol. The van der Waals surface area contributed by atoms with Crippen molar-refractivity contribution < 1.29 is 9.63 Å². The van der Waals surface area contributed by atoms with E-state index in [1.165, 1.54) is 0 Å². The van der Waals surface area contributed by atoms with Gasteiger partial charge in [-0.25, -0.2) is 14.8 Å². The zero-order valence-corrected chi connectivity index (χ0v) is 28.6. The summed E-state index contributed by atoms with van der Waals surface area (Å²) in [5, 5.41) is 25.2. The van der Waals surface area contributed by atoms with Crippen LogP contribution in [0.1, 0.15) is 69.4 Å². The molecule has 258 valence electrons. The Morgan fingerprint density at radius 2 is 1.92 bits per heavy atom. The largest absolute Gasteiger partial charge is 0.389 e. The number of nitrogens with zero attached hydrogens (tertiary/aromatic N) is 9. The molecular formula is C37H43N11O2. The number of urea groups is 1. The molecule has 3 aromatic heterocycles. The molecule has 2 amide bonds. The quantitative estimate of drug-likeness (QED) is 0.236. The van der Waals surface area contributed by atoms with Crippen LogP contribution in [0, 0.1) is 11.3 Å². The number of pyridine rings is 1. The van der Waals surface area contributed by atoms with E-state index in [0.717, 1.165) is 86.9 Å². The van der Waals surface area contributed by atoms with Gasteiger partial charge in [0.25, 0.3) is 0 Å². The van der Waals surface area contributed by atoms with E-state index >= 15 is 0 Å². The van der Waals surface area contributed by atoms with Gasteiger partial charge in [-0.15, -0.1) is 0 Å². The molecule has 2 aliphatic heterocycles. The van der Waals surface area contributed by atoms with Crippen LogP contribution in [0.2, 0.25) is 0 Å². The molecule has 1 atom stereocenters. The van der Waals surface area contributed by atoms with Gasteiger partial charge in [0.05, 0.1) is 18.1 Å². The Balaban J connectivity index is 1.06. The third-order valence-corrected chi connectivity index (χ3v) is 9.99. The summed E-state index contributed by atoms with van der Waals surface area (Å²) >= 11 is 0. The number of aromatic nitrogens is 5. The lowest BCUT2D eigenvalue weighted by atomic mass is 9.90. The van der Waals surface area contributed by atoms with Crippen molar-refractivity contribution in [2.45, 2.75) is 82.5 Å². The number of rotatable bonds is 8. The lowest BCUT2D eigenvalue weighted by Crippen LogP contribution is -2.49. The standard InChI is InChI=1S/C37H43N11O2/c1-26-20-37(50-45-26)15-7-18-47(19-16-37)33-28(21-38)23-40-35(44-33)43-30-11-13-31(14-12-30)48(36(49)41-22-27-8-4-3-5-9-27)34-32(10-6-17-39-34)29-24-42-46(2)25-29/h3-6,8-10,17,23-25,30-31H,7,11-16,18-20,22H2,1-2H3,(H,41,49)(H,40,43,44). The van der Waals surface area contributed by atoms with Crippen LogP contribution < -0.4 is 20.4 Å². The Bertz CT molecular complexity index is 1880. The second kappa shape index (κ2) is 14.5. The average Bonchev–Trinajstić information content (AvgIpc) is 3.68. The van der Waals surface area contributed by atoms with Crippen molar-refractivity contribution in [3.63, 3.8) is 0 Å². The summed E-state index contributed by atoms with van der Waals surface area (Å²) in [4.78, 5) is 38.1. The Kier molecular flexibility index (Phi) is 9.60. The number of aryl methyl sites for hydroxylation is 1. The Hall–Kier alpha value is -5.51. The molecule has 13 nitrogen and oxygen atoms in total. The molecule has 1 aromatic carbocycles. The molecule has 5 heterocycles. The minimum atomic E-state index is -0.251. The van der Waals surface area contributed by atoms with Crippen LogP contribution in [0.5, 0.6) is 0 Å². The zero-order chi connectivity index (χ0) is 34.5. The first-order valence-electron chi connectivity index (χ1n) is 17.4. The number of hydrogen-bond acceptors (Lipinski definition) is 10. The maximum atomic E-state index is 14.0. The van der Waals surface area contributed by atoms with Crippen LogP contribution in [0.3, 0.4) is 0 Å². The Morgan fingerprint density at radius 3 is 2.66 bits per heavy atom. The fraction of sp³-hybridized carbons (Fsp3) is 0.432. The number of amides is 2. The van der Waals surface area contributed by atoms with Crippen LogP contribution in [0.15, 0.2) is 72.4 Å². The van der Waals surface area contributed by atoms with Crippen molar-refractivity contribution in [3.05, 3.63) is 78.4 Å². The number of hydrogen-bond donors (Lipinski definition) is 2. The lowest BCUT2D eigenvalue weighted by molar-refractivity contribution is -0.0271. The highest BCUT2D eigenvalue weighted by atomic mass is 16.7. The summed E-state index contributed by atoms with van der Waals surface area (Å²) in [6, 6.07) is 15.9. The van der Waals surface area contributed by atoms with E-state index in [2.05, 4.69) is 36.8 Å². The molecule has 50 heavy (non-hydrogen) atoms. The number of nitriles is 1. The van der Waals surface area contributed by atoms with E-state index in [1.54, 1.807) is 23.3 Å². The molecule has 3 aliphatic rings. The van der Waals surface area contributed by atoms with E-state index in [9.17, 15) is 10.1 Å². The second-order valence-corrected chi connectivity index (χ2v) is 13.6. The van der Waals surface area contributed by atoms with Gasteiger partial charge in [0.2, 0.25) is 5.95 Å². The number of benzene rings is 1. The first kappa shape index (κ1) is 33.0. The molecule has 1 spiro atoms. The minimum Gasteiger partial charge on any atom is -0.389 e. The summed E-state index contributed by atoms with van der Waals surface area (Å²) < 4.78 is 1.75. The van der Waals surface area contributed by atoms with Gasteiger partial charge in [0.1, 0.15) is 23.1 Å². The predicted octanol–water partition coefficient (Wildman–Crippen LogP) is 5.81. The van der Waals surface area contributed by atoms with Crippen LogP contribution in [0.4, 0.5) is 22.4 Å². The van der Waals surface area contributed by atoms with Gasteiger partial charge in [-0.05, 0) is 63.1 Å². The van der Waals surface area contributed by atoms with Crippen molar-refractivity contribution in [2.75, 3.05) is 28.2 Å². The highest BCUT2D eigenvalue weighted by molar-refractivity contribution is 5.95. The minimum absolute atomic E-state index is 0.0681. The van der Waals surface area contributed by atoms with Crippen molar-refractivity contribution >= 4 is 29.3 Å². The molecule has 4 aromatic rings. The van der Waals surface area contributed by atoms with Crippen molar-refractivity contribution in [1.29, 1.82) is 5.26 Å². The molecule has 7 rings (SSSR count). The molecule has 1 unspecified atom stereocenters. The van der Waals surface area contributed by atoms with Gasteiger partial charge in [-0.3, -0.25) is 9.58 Å². The SMILES string of the molecule is CC1=NOC2(CCCN(c3nc(NC4CCC(N(C(=O)NCc5ccccc5)c5ncccc5-c5cnn(C)c5)CC4)ncc3C#N)CC2)C1. The zero-order valence-electron chi connectivity index (χ0n) is 28.6. The van der Waals surface area contributed by atoms with Crippen molar-refractivity contribution in [1.82, 2.24) is 30.0 Å². The average molecular weight is 674 g/mol. The molecule has 13 heteroatoms. The number of anilines is 3. The first-order chi connectivity index (χ1) is 24.4. The van der Waals surface area contributed by atoms with E-state index in [-0.39, 0.29) is 23.7 Å². The summed E-state index contributed by atoms with van der Waals surface area (Å²) in [6.07, 6.45) is 13.8. The van der Waals surface area contributed by atoms with Crippen molar-refractivity contribution in [3.8, 4) is 17.2 Å². The van der Waals surface area contributed by atoms with Crippen LogP contribution in [-0.2, 0) is 18.4 Å². The third kappa shape index (κ3) is 7.24. The highest BCUT2D eigenvalue weighted by Crippen LogP contribution is 2.37. The maximum Gasteiger partial charge on any atom is 0.323 e. The molecule has 0 radical (unpaired) electrons. The first-order valence-corrected chi connectivity index (χ1v) is 17.4. The summed E-state index contributed by atoms with van der Waals surface area (Å²) in [6.45, 7) is 3.95. The molecule has 1 saturated carbocycles. The van der Waals surface area contributed by atoms with Gasteiger partial charge < -0.3 is 20.4 Å². The van der Waals surface area contributed by atoms with E-state index in [4.69, 9.17) is 14.8 Å². The third-order valence-electron chi connectivity index (χ3n) is 9.99. The fourth-order valence-electron chi connectivity index (χ4n) is 7.44. The molecule has 2 N–H and O–H groups in total. The normalized spacial score (nSPS) is 21.9. The van der Waals surface area contributed by atoms with E-state index in [1.807, 2.05) is 67.5 Å². The molecular weight excluding hydrogens is 630 g/mol. The number of nitrogens with one attached hydrogen (secondary N) is 2. The van der Waals surface area contributed by atoms with Gasteiger partial charge >= 0.3 is 6.03 Å². The van der Waals surface area contributed by atoms with Crippen LogP contribution in [0.25, 0.3) is 11.1 Å². The number of carbonyl (C=O) groups is 1. The second-order valence-electron chi connectivity index (χ2n) is 13.6. The fourth-order valence-corrected chi connectivity index (χ4v) is 7.44. The van der Waals surface area contributed by atoms with Crippen molar-refractivity contribution in [2.24, 2.45) is 12.2 Å². The van der Waals surface area contributed by atoms with Crippen LogP contribution in [-0.4, -0.2) is 67.2 Å². The number of oxime groups is 1. The summed E-state index contributed by atoms with van der Waals surface area (Å²) in [5.74, 6) is 1.79. The Morgan fingerprint density at radius 1 is 1.08 bits per heavy atom. The molecule has 0 bridgehead atoms. The van der Waals surface area contributed by atoms with E-state index < -0.39 is 0 Å². The molecule has 1 aliphatic carbocycles. The highest BCUT2D eigenvalue weighted by Gasteiger charge is 2.40. The monoisotopic (exact) mass is 673 g/mol. The van der Waals surface area contributed by atoms with E-state index in [0.29, 0.717) is 29.7 Å². The summed E-state index contributed by atoms with van der Waals surface area (Å²) in [7, 11) is 1.88.